The van der Waals surface area contributed by atoms with Gasteiger partial charge in [0.05, 0.1) is 34.4 Å². The van der Waals surface area contributed by atoms with Gasteiger partial charge in [-0.3, -0.25) is 23.7 Å². The molecule has 15 heteroatoms. The predicted octanol–water partition coefficient (Wildman–Crippen LogP) is 5.61. The molecule has 3 atom stereocenters. The first-order chi connectivity index (χ1) is 23.3. The van der Waals surface area contributed by atoms with E-state index in [4.69, 9.17) is 4.74 Å². The highest BCUT2D eigenvalue weighted by Crippen LogP contribution is 2.54. The highest BCUT2D eigenvalue weighted by Gasteiger charge is 2.56. The van der Waals surface area contributed by atoms with Crippen LogP contribution in [0.3, 0.4) is 0 Å². The second kappa shape index (κ2) is 13.2. The van der Waals surface area contributed by atoms with E-state index in [0.717, 1.165) is 51.9 Å². The molecular formula is C34H29F3N4O6S2. The summed E-state index contributed by atoms with van der Waals surface area (Å²) in [5, 5.41) is 1.80. The largest absolute Gasteiger partial charge is 0.462 e. The molecule has 2 unspecified atom stereocenters. The molecular weight excluding hydrogens is 682 g/mol. The average Bonchev–Trinajstić information content (AvgIpc) is 3.50. The maximum Gasteiger partial charge on any atom is 0.416 e. The zero-order chi connectivity index (χ0) is 35.2. The number of thiazole rings is 1. The molecule has 3 amide bonds. The van der Waals surface area contributed by atoms with Crippen LogP contribution in [0.1, 0.15) is 39.2 Å². The lowest BCUT2D eigenvalue weighted by Gasteiger charge is -2.31. The Morgan fingerprint density at radius 3 is 2.29 bits per heavy atom. The van der Waals surface area contributed by atoms with Crippen LogP contribution in [0.2, 0.25) is 0 Å². The monoisotopic (exact) mass is 710 g/mol. The molecule has 1 N–H and O–H groups in total. The fourth-order valence-corrected chi connectivity index (χ4v) is 8.70. The normalized spacial score (nSPS) is 18.6. The fraction of sp³-hybridized carbons (Fsp3) is 0.265. The maximum atomic E-state index is 14.2. The number of fused-ring (bicyclic) bond motifs is 2. The number of hydrogen-bond donors (Lipinski definition) is 1. The third kappa shape index (κ3) is 6.47. The van der Waals surface area contributed by atoms with Crippen LogP contribution >= 0.6 is 23.1 Å². The molecule has 2 aliphatic rings. The topological polar surface area (TPSA) is 118 Å². The first-order valence-corrected chi connectivity index (χ1v) is 16.8. The van der Waals surface area contributed by atoms with Crippen molar-refractivity contribution in [2.75, 3.05) is 35.8 Å². The van der Waals surface area contributed by atoms with Gasteiger partial charge in [0.1, 0.15) is 11.8 Å². The Morgan fingerprint density at radius 2 is 1.65 bits per heavy atom. The van der Waals surface area contributed by atoms with Gasteiger partial charge in [0.25, 0.3) is 0 Å². The number of ether oxygens (including phenoxy) is 1. The highest BCUT2D eigenvalue weighted by atomic mass is 32.2. The minimum absolute atomic E-state index is 0.0928. The first-order valence-electron chi connectivity index (χ1n) is 15.1. The van der Waals surface area contributed by atoms with Crippen molar-refractivity contribution < 1.29 is 37.1 Å². The number of nitrogens with one attached hydrogen (secondary N) is 1. The molecule has 6 rings (SSSR count). The lowest BCUT2D eigenvalue weighted by atomic mass is 9.83. The number of nitrogens with zero attached hydrogens (tertiary/aromatic N) is 3. The van der Waals surface area contributed by atoms with Gasteiger partial charge in [-0.15, -0.1) is 0 Å². The van der Waals surface area contributed by atoms with Crippen molar-refractivity contribution in [3.05, 3.63) is 104 Å². The Bertz CT molecular complexity index is 2010. The predicted molar refractivity (Wildman–Crippen MR) is 179 cm³/mol. The van der Waals surface area contributed by atoms with Crippen LogP contribution in [0.15, 0.2) is 82.6 Å². The van der Waals surface area contributed by atoms with Gasteiger partial charge in [0, 0.05) is 36.3 Å². The molecule has 0 aliphatic carbocycles. The van der Waals surface area contributed by atoms with Crippen LogP contribution in [0.4, 0.5) is 30.2 Å². The van der Waals surface area contributed by atoms with Gasteiger partial charge in [-0.05, 0) is 67.1 Å². The van der Waals surface area contributed by atoms with Gasteiger partial charge in [0.15, 0.2) is 0 Å². The average molecular weight is 711 g/mol. The molecule has 49 heavy (non-hydrogen) atoms. The van der Waals surface area contributed by atoms with Crippen LogP contribution in [0, 0.1) is 5.92 Å². The molecule has 0 bridgehead atoms. The first kappa shape index (κ1) is 34.0. The number of carbonyl (C=O) groups excluding carboxylic acids is 4. The summed E-state index contributed by atoms with van der Waals surface area (Å²) < 4.78 is 45.9. The van der Waals surface area contributed by atoms with E-state index < -0.39 is 63.9 Å². The zero-order valence-electron chi connectivity index (χ0n) is 26.3. The third-order valence-electron chi connectivity index (χ3n) is 8.23. The van der Waals surface area contributed by atoms with Crippen LogP contribution in [0.5, 0.6) is 0 Å². The second-order valence-corrected chi connectivity index (χ2v) is 13.7. The summed E-state index contributed by atoms with van der Waals surface area (Å²) in [6.45, 7) is 1.33. The molecule has 3 aromatic carbocycles. The van der Waals surface area contributed by atoms with Crippen molar-refractivity contribution >= 4 is 63.9 Å². The smallest absolute Gasteiger partial charge is 0.416 e. The van der Waals surface area contributed by atoms with Gasteiger partial charge in [-0.2, -0.15) is 13.2 Å². The van der Waals surface area contributed by atoms with Gasteiger partial charge >= 0.3 is 17.0 Å². The fourth-order valence-electron chi connectivity index (χ4n) is 5.93. The molecule has 10 nitrogen and oxygen atoms in total. The molecule has 1 aromatic heterocycles. The summed E-state index contributed by atoms with van der Waals surface area (Å²) in [4.78, 5) is 69.9. The van der Waals surface area contributed by atoms with Crippen molar-refractivity contribution in [1.29, 1.82) is 0 Å². The number of alkyl halides is 3. The molecule has 3 heterocycles. The lowest BCUT2D eigenvalue weighted by Crippen LogP contribution is -2.33. The van der Waals surface area contributed by atoms with Gasteiger partial charge in [0.2, 0.25) is 17.7 Å². The maximum absolute atomic E-state index is 14.2. The van der Waals surface area contributed by atoms with Gasteiger partial charge < -0.3 is 15.0 Å². The van der Waals surface area contributed by atoms with E-state index in [1.54, 1.807) is 6.92 Å². The number of thioether (sulfide) groups is 1. The molecule has 1 saturated heterocycles. The number of halogens is 3. The molecule has 4 aromatic rings. The number of imide groups is 1. The zero-order valence-corrected chi connectivity index (χ0v) is 27.9. The van der Waals surface area contributed by atoms with Gasteiger partial charge in [-0.1, -0.05) is 41.3 Å². The molecule has 0 saturated carbocycles. The van der Waals surface area contributed by atoms with E-state index in [-0.39, 0.29) is 23.5 Å². The van der Waals surface area contributed by atoms with Crippen molar-refractivity contribution in [3.63, 3.8) is 0 Å². The van der Waals surface area contributed by atoms with Crippen LogP contribution in [-0.2, 0) is 31.8 Å². The van der Waals surface area contributed by atoms with Crippen LogP contribution in [-0.4, -0.2) is 54.2 Å². The van der Waals surface area contributed by atoms with Crippen molar-refractivity contribution in [3.8, 4) is 0 Å². The molecule has 0 radical (unpaired) electrons. The third-order valence-corrected chi connectivity index (χ3v) is 10.8. The standard InChI is InChI=1S/C34H29F3N4O6S2/c1-4-47-32(45)19-10-14-23(15-11-19)41-29(43)26-25(18-8-12-22(13-9-18)39(2)3)28-31(48-27(26)30(41)44)40(33(46)49-28)17-24(42)38-21-7-5-6-20(16-21)34(35,36)37/h5-16,25-27H,4,17H2,1-3H3,(H,38,42)/t25-,26?,27?/m1/s1. The second-order valence-electron chi connectivity index (χ2n) is 11.6. The Balaban J connectivity index is 1.36. The van der Waals surface area contributed by atoms with Crippen molar-refractivity contribution in [1.82, 2.24) is 4.57 Å². The van der Waals surface area contributed by atoms with E-state index in [1.165, 1.54) is 34.9 Å². The number of rotatable bonds is 8. The Kier molecular flexibility index (Phi) is 9.15. The number of benzene rings is 3. The number of anilines is 3. The Hall–Kier alpha value is -4.89. The lowest BCUT2D eigenvalue weighted by molar-refractivity contribution is -0.137. The molecule has 1 fully saturated rings. The molecule has 254 valence electrons. The summed E-state index contributed by atoms with van der Waals surface area (Å²) in [6, 6.07) is 17.5. The minimum Gasteiger partial charge on any atom is -0.462 e. The quantitative estimate of drug-likeness (QED) is 0.186. The molecule has 2 aliphatic heterocycles. The Labute approximate surface area is 286 Å². The van der Waals surface area contributed by atoms with E-state index >= 15 is 0 Å². The molecule has 0 spiro atoms. The number of amides is 3. The summed E-state index contributed by atoms with van der Waals surface area (Å²) in [5.74, 6) is -3.91. The van der Waals surface area contributed by atoms with E-state index in [0.29, 0.717) is 15.5 Å². The van der Waals surface area contributed by atoms with Gasteiger partial charge in [-0.25, -0.2) is 9.69 Å². The summed E-state index contributed by atoms with van der Waals surface area (Å²) in [5.41, 5.74) is 1.06. The van der Waals surface area contributed by atoms with Crippen LogP contribution in [0.25, 0.3) is 0 Å². The van der Waals surface area contributed by atoms with E-state index in [9.17, 15) is 37.1 Å². The highest BCUT2D eigenvalue weighted by molar-refractivity contribution is 8.00. The van der Waals surface area contributed by atoms with Crippen molar-refractivity contribution in [2.24, 2.45) is 5.92 Å². The number of carbonyl (C=O) groups is 4. The Morgan fingerprint density at radius 1 is 0.959 bits per heavy atom. The summed E-state index contributed by atoms with van der Waals surface area (Å²) in [6.07, 6.45) is -4.61. The van der Waals surface area contributed by atoms with Crippen LogP contribution < -0.4 is 20.0 Å². The van der Waals surface area contributed by atoms with Crippen molar-refractivity contribution in [2.45, 2.75) is 35.8 Å². The number of hydrogen-bond acceptors (Lipinski definition) is 9. The minimum atomic E-state index is -4.61. The number of esters is 1. The van der Waals surface area contributed by atoms with E-state index in [2.05, 4.69) is 5.32 Å². The summed E-state index contributed by atoms with van der Waals surface area (Å²) in [7, 11) is 3.75. The summed E-state index contributed by atoms with van der Waals surface area (Å²) >= 11 is 1.87. The number of aromatic nitrogens is 1. The van der Waals surface area contributed by atoms with E-state index in [1.807, 2.05) is 43.3 Å². The SMILES string of the molecule is CCOC(=O)c1ccc(N2C(=O)C3Sc4c(sc(=O)n4CC(=O)Nc4cccc(C(F)(F)F)c4)[C@H](c4ccc(N(C)C)cc4)C3C2=O)cc1.